The number of nitrogens with two attached hydrogens (primary N) is 1. The topological polar surface area (TPSA) is 68.0 Å². The lowest BCUT2D eigenvalue weighted by molar-refractivity contribution is -0.120. The molecule has 0 spiro atoms. The van der Waals surface area contributed by atoms with Crippen LogP contribution in [0.1, 0.15) is 16.3 Å². The summed E-state index contributed by atoms with van der Waals surface area (Å²) in [4.78, 5) is 16.0. The van der Waals surface area contributed by atoms with Crippen molar-refractivity contribution in [1.29, 1.82) is 0 Å². The number of nitrogen functional groups attached to an aromatic ring is 1. The molecule has 2 aromatic rings. The van der Waals surface area contributed by atoms with E-state index in [1.165, 1.54) is 0 Å². The number of nitrogens with one attached hydrogen (secondary N) is 1. The van der Waals surface area contributed by atoms with Gasteiger partial charge in [-0.2, -0.15) is 0 Å². The van der Waals surface area contributed by atoms with Gasteiger partial charge in [-0.1, -0.05) is 12.1 Å². The lowest BCUT2D eigenvalue weighted by Crippen LogP contribution is -2.24. The second-order valence-corrected chi connectivity index (χ2v) is 5.12. The average molecular weight is 261 g/mol. The van der Waals surface area contributed by atoms with Gasteiger partial charge in [-0.25, -0.2) is 4.98 Å². The number of hydrogen-bond donors (Lipinski definition) is 2. The highest BCUT2D eigenvalue weighted by Gasteiger charge is 2.06. The number of amides is 1. The first-order chi connectivity index (χ1) is 8.63. The number of nitrogens with zero attached hydrogens (tertiary/aromatic N) is 1. The van der Waals surface area contributed by atoms with Crippen LogP contribution in [0.3, 0.4) is 0 Å². The van der Waals surface area contributed by atoms with Crippen LogP contribution < -0.4 is 11.1 Å². The van der Waals surface area contributed by atoms with Crippen molar-refractivity contribution in [2.45, 2.75) is 19.9 Å². The fraction of sp³-hybridized carbons (Fsp3) is 0.231. The summed E-state index contributed by atoms with van der Waals surface area (Å²) in [6.07, 6.45) is 0.326. The highest BCUT2D eigenvalue weighted by molar-refractivity contribution is 7.09. The van der Waals surface area contributed by atoms with Crippen LogP contribution in [0.25, 0.3) is 0 Å². The highest BCUT2D eigenvalue weighted by Crippen LogP contribution is 2.09. The summed E-state index contributed by atoms with van der Waals surface area (Å²) in [5.41, 5.74) is 8.20. The van der Waals surface area contributed by atoms with Crippen LogP contribution in [0.15, 0.2) is 29.6 Å². The van der Waals surface area contributed by atoms with Gasteiger partial charge in [0.25, 0.3) is 0 Å². The van der Waals surface area contributed by atoms with E-state index >= 15 is 0 Å². The lowest BCUT2D eigenvalue weighted by Gasteiger charge is -2.05. The molecule has 1 amide bonds. The van der Waals surface area contributed by atoms with Crippen molar-refractivity contribution < 1.29 is 4.79 Å². The van der Waals surface area contributed by atoms with E-state index in [2.05, 4.69) is 10.3 Å². The minimum atomic E-state index is -0.0253. The molecule has 5 heteroatoms. The Kier molecular flexibility index (Phi) is 3.94. The van der Waals surface area contributed by atoms with Crippen molar-refractivity contribution >= 4 is 22.9 Å². The fourth-order valence-corrected chi connectivity index (χ4v) is 2.23. The van der Waals surface area contributed by atoms with Gasteiger partial charge in [-0.3, -0.25) is 4.79 Å². The van der Waals surface area contributed by atoms with Gasteiger partial charge in [0.1, 0.15) is 0 Å². The van der Waals surface area contributed by atoms with Gasteiger partial charge in [-0.15, -0.1) is 11.3 Å². The van der Waals surface area contributed by atoms with E-state index in [0.717, 1.165) is 16.3 Å². The Morgan fingerprint density at radius 2 is 2.33 bits per heavy atom. The van der Waals surface area contributed by atoms with E-state index in [9.17, 15) is 4.79 Å². The van der Waals surface area contributed by atoms with Crippen LogP contribution in [-0.2, 0) is 17.8 Å². The van der Waals surface area contributed by atoms with Crippen LogP contribution in [0.5, 0.6) is 0 Å². The summed E-state index contributed by atoms with van der Waals surface area (Å²) < 4.78 is 0. The molecule has 0 bridgehead atoms. The first kappa shape index (κ1) is 12.6. The van der Waals surface area contributed by atoms with Crippen LogP contribution >= 0.6 is 11.3 Å². The van der Waals surface area contributed by atoms with Gasteiger partial charge in [0.15, 0.2) is 0 Å². The van der Waals surface area contributed by atoms with Gasteiger partial charge in [0.05, 0.1) is 17.1 Å². The third kappa shape index (κ3) is 3.56. The Hall–Kier alpha value is -1.88. The second kappa shape index (κ2) is 5.64. The highest BCUT2D eigenvalue weighted by atomic mass is 32.1. The first-order valence-electron chi connectivity index (χ1n) is 5.65. The summed E-state index contributed by atoms with van der Waals surface area (Å²) in [7, 11) is 0. The average Bonchev–Trinajstić information content (AvgIpc) is 2.72. The summed E-state index contributed by atoms with van der Waals surface area (Å²) in [6.45, 7) is 2.42. The molecule has 0 fully saturated rings. The van der Waals surface area contributed by atoms with Crippen molar-refractivity contribution in [1.82, 2.24) is 10.3 Å². The third-order valence-electron chi connectivity index (χ3n) is 2.45. The Morgan fingerprint density at radius 1 is 1.50 bits per heavy atom. The number of aromatic nitrogens is 1. The molecule has 3 N–H and O–H groups in total. The monoisotopic (exact) mass is 261 g/mol. The van der Waals surface area contributed by atoms with Gasteiger partial charge in [0, 0.05) is 17.6 Å². The molecule has 0 aliphatic heterocycles. The fourth-order valence-electron chi connectivity index (χ4n) is 1.62. The molecule has 0 saturated heterocycles. The van der Waals surface area contributed by atoms with Crippen LogP contribution in [0.2, 0.25) is 0 Å². The largest absolute Gasteiger partial charge is 0.399 e. The van der Waals surface area contributed by atoms with E-state index in [1.54, 1.807) is 11.3 Å². The molecule has 0 radical (unpaired) electrons. The zero-order valence-corrected chi connectivity index (χ0v) is 11.0. The summed E-state index contributed by atoms with van der Waals surface area (Å²) >= 11 is 1.56. The zero-order valence-electron chi connectivity index (χ0n) is 10.1. The summed E-state index contributed by atoms with van der Waals surface area (Å²) in [5.74, 6) is -0.0253. The molecule has 1 aromatic carbocycles. The number of thiazole rings is 1. The van der Waals surface area contributed by atoms with Crippen molar-refractivity contribution in [3.63, 3.8) is 0 Å². The van der Waals surface area contributed by atoms with Crippen molar-refractivity contribution in [3.05, 3.63) is 45.9 Å². The molecule has 0 aliphatic rings. The Bertz CT molecular complexity index is 551. The van der Waals surface area contributed by atoms with Crippen molar-refractivity contribution in [3.8, 4) is 0 Å². The maximum atomic E-state index is 11.7. The number of rotatable bonds is 4. The predicted molar refractivity (Wildman–Crippen MR) is 73.3 cm³/mol. The number of carbonyl (C=O) groups excluding carboxylic acids is 1. The molecule has 4 nitrogen and oxygen atoms in total. The number of carbonyl (C=O) groups is 1. The third-order valence-corrected chi connectivity index (χ3v) is 3.27. The van der Waals surface area contributed by atoms with E-state index < -0.39 is 0 Å². The minimum Gasteiger partial charge on any atom is -0.399 e. The predicted octanol–water partition coefficient (Wildman–Crippen LogP) is 1.89. The molecule has 1 heterocycles. The number of benzene rings is 1. The normalized spacial score (nSPS) is 10.3. The molecule has 0 unspecified atom stereocenters. The maximum Gasteiger partial charge on any atom is 0.226 e. The number of hydrogen-bond acceptors (Lipinski definition) is 4. The van der Waals surface area contributed by atoms with E-state index in [0.29, 0.717) is 18.7 Å². The molecule has 0 aliphatic carbocycles. The van der Waals surface area contributed by atoms with Gasteiger partial charge >= 0.3 is 0 Å². The van der Waals surface area contributed by atoms with E-state index in [4.69, 9.17) is 5.73 Å². The van der Waals surface area contributed by atoms with Gasteiger partial charge < -0.3 is 11.1 Å². The summed E-state index contributed by atoms with van der Waals surface area (Å²) in [6, 6.07) is 7.49. The Morgan fingerprint density at radius 3 is 3.00 bits per heavy atom. The van der Waals surface area contributed by atoms with Crippen LogP contribution in [0, 0.1) is 6.92 Å². The first-order valence-corrected chi connectivity index (χ1v) is 6.53. The van der Waals surface area contributed by atoms with E-state index in [1.807, 2.05) is 36.6 Å². The molecular weight excluding hydrogens is 246 g/mol. The molecule has 1 aromatic heterocycles. The number of aryl methyl sites for hydroxylation is 1. The van der Waals surface area contributed by atoms with Crippen LogP contribution in [0.4, 0.5) is 5.69 Å². The zero-order chi connectivity index (χ0) is 13.0. The molecule has 0 saturated carbocycles. The lowest BCUT2D eigenvalue weighted by atomic mass is 10.2. The van der Waals surface area contributed by atoms with Crippen molar-refractivity contribution in [2.75, 3.05) is 5.73 Å². The maximum absolute atomic E-state index is 11.7. The van der Waals surface area contributed by atoms with E-state index in [-0.39, 0.29) is 5.91 Å². The molecule has 0 atom stereocenters. The Labute approximate surface area is 110 Å². The standard InChI is InChI=1S/C13H15N3OS/c1-9-16-12(8-18-9)6-13(17)15-7-10-3-2-4-11(14)5-10/h2-5,8H,6-7,14H2,1H3,(H,15,17). The quantitative estimate of drug-likeness (QED) is 0.826. The van der Waals surface area contributed by atoms with Gasteiger partial charge in [0.2, 0.25) is 5.91 Å². The summed E-state index contributed by atoms with van der Waals surface area (Å²) in [5, 5.41) is 5.75. The smallest absolute Gasteiger partial charge is 0.226 e. The molecule has 2 rings (SSSR count). The molecule has 18 heavy (non-hydrogen) atoms. The molecular formula is C13H15N3OS. The van der Waals surface area contributed by atoms with Gasteiger partial charge in [-0.05, 0) is 24.6 Å². The minimum absolute atomic E-state index is 0.0253. The second-order valence-electron chi connectivity index (χ2n) is 4.06. The molecule has 94 valence electrons. The Balaban J connectivity index is 1.85. The SMILES string of the molecule is Cc1nc(CC(=O)NCc2cccc(N)c2)cs1. The van der Waals surface area contributed by atoms with Crippen molar-refractivity contribution in [2.24, 2.45) is 0 Å². The van der Waals surface area contributed by atoms with Crippen LogP contribution in [-0.4, -0.2) is 10.9 Å². The number of anilines is 1.